The van der Waals surface area contributed by atoms with E-state index < -0.39 is 5.91 Å². The standard InChI is InChI=1S/C6H6N4O/c7-5(11)2-1-4-3-9-10-6(4)8/h3H,(H2,7,11)(H3,8,9,10). The van der Waals surface area contributed by atoms with Crippen LogP contribution in [0.15, 0.2) is 6.20 Å². The van der Waals surface area contributed by atoms with Crippen LogP contribution in [-0.2, 0) is 4.79 Å². The first kappa shape index (κ1) is 7.15. The molecule has 0 aliphatic rings. The van der Waals surface area contributed by atoms with Gasteiger partial charge in [-0.1, -0.05) is 5.92 Å². The summed E-state index contributed by atoms with van der Waals surface area (Å²) in [6.07, 6.45) is 1.42. The molecule has 0 spiro atoms. The number of H-pyrrole nitrogens is 1. The minimum atomic E-state index is -0.689. The fourth-order valence-corrected chi connectivity index (χ4v) is 0.525. The molecule has 1 amide bonds. The van der Waals surface area contributed by atoms with E-state index in [4.69, 9.17) is 11.5 Å². The van der Waals surface area contributed by atoms with Crippen molar-refractivity contribution in [2.24, 2.45) is 5.73 Å². The van der Waals surface area contributed by atoms with Crippen LogP contribution >= 0.6 is 0 Å². The Bertz CT molecular complexity index is 330. The summed E-state index contributed by atoms with van der Waals surface area (Å²) < 4.78 is 0. The Morgan fingerprint density at radius 1 is 1.73 bits per heavy atom. The molecule has 0 bridgehead atoms. The predicted molar refractivity (Wildman–Crippen MR) is 39.1 cm³/mol. The Balaban J connectivity index is 2.90. The van der Waals surface area contributed by atoms with Gasteiger partial charge in [0.2, 0.25) is 0 Å². The average Bonchev–Trinajstić information content (AvgIpc) is 2.31. The highest BCUT2D eigenvalue weighted by Gasteiger charge is 1.94. The summed E-state index contributed by atoms with van der Waals surface area (Å²) in [7, 11) is 0. The Hall–Kier alpha value is -1.96. The number of nitrogens with two attached hydrogens (primary N) is 2. The number of nitrogens with one attached hydrogen (secondary N) is 1. The molecule has 1 aromatic heterocycles. The molecule has 1 aromatic rings. The Kier molecular flexibility index (Phi) is 1.79. The molecule has 0 fully saturated rings. The molecule has 0 unspecified atom stereocenters. The summed E-state index contributed by atoms with van der Waals surface area (Å²) in [4.78, 5) is 10.2. The third-order valence-corrected chi connectivity index (χ3v) is 0.989. The second kappa shape index (κ2) is 2.75. The number of nitrogen functional groups attached to an aromatic ring is 1. The summed E-state index contributed by atoms with van der Waals surface area (Å²) in [5.74, 6) is 4.23. The van der Waals surface area contributed by atoms with Gasteiger partial charge in [0, 0.05) is 5.92 Å². The second-order valence-corrected chi connectivity index (χ2v) is 1.81. The first-order chi connectivity index (χ1) is 5.20. The zero-order chi connectivity index (χ0) is 8.27. The highest BCUT2D eigenvalue weighted by Crippen LogP contribution is 2.01. The van der Waals surface area contributed by atoms with Gasteiger partial charge in [-0.25, -0.2) is 0 Å². The van der Waals surface area contributed by atoms with E-state index in [1.807, 2.05) is 0 Å². The van der Waals surface area contributed by atoms with Crippen LogP contribution < -0.4 is 11.5 Å². The molecule has 5 N–H and O–H groups in total. The summed E-state index contributed by atoms with van der Waals surface area (Å²) in [6, 6.07) is 0. The van der Waals surface area contributed by atoms with E-state index in [0.717, 1.165) is 0 Å². The van der Waals surface area contributed by atoms with Crippen molar-refractivity contribution in [2.75, 3.05) is 5.73 Å². The molecule has 5 nitrogen and oxygen atoms in total. The van der Waals surface area contributed by atoms with E-state index in [9.17, 15) is 4.79 Å². The minimum absolute atomic E-state index is 0.332. The molecule has 0 aliphatic carbocycles. The van der Waals surface area contributed by atoms with Crippen molar-refractivity contribution >= 4 is 11.7 Å². The minimum Gasteiger partial charge on any atom is -0.383 e. The van der Waals surface area contributed by atoms with Crippen molar-refractivity contribution in [3.8, 4) is 11.8 Å². The first-order valence-corrected chi connectivity index (χ1v) is 2.80. The number of anilines is 1. The number of hydrogen-bond acceptors (Lipinski definition) is 3. The molecule has 5 heteroatoms. The van der Waals surface area contributed by atoms with Gasteiger partial charge >= 0.3 is 0 Å². The lowest BCUT2D eigenvalue weighted by molar-refractivity contribution is -0.112. The maximum atomic E-state index is 10.2. The number of carbonyl (C=O) groups excluding carboxylic acids is 1. The molecule has 0 saturated heterocycles. The third kappa shape index (κ3) is 1.72. The zero-order valence-corrected chi connectivity index (χ0v) is 5.59. The fraction of sp³-hybridized carbons (Fsp3) is 0. The van der Waals surface area contributed by atoms with E-state index in [-0.39, 0.29) is 0 Å². The summed E-state index contributed by atoms with van der Waals surface area (Å²) in [6.45, 7) is 0. The van der Waals surface area contributed by atoms with Crippen LogP contribution in [-0.4, -0.2) is 16.1 Å². The summed E-state index contributed by atoms with van der Waals surface area (Å²) in [5.41, 5.74) is 10.6. The maximum Gasteiger partial charge on any atom is 0.293 e. The maximum absolute atomic E-state index is 10.2. The normalized spacial score (nSPS) is 8.36. The molecule has 0 atom stereocenters. The van der Waals surface area contributed by atoms with Crippen LogP contribution in [0.1, 0.15) is 5.56 Å². The van der Waals surface area contributed by atoms with Crippen molar-refractivity contribution in [3.63, 3.8) is 0 Å². The van der Waals surface area contributed by atoms with Crippen molar-refractivity contribution in [2.45, 2.75) is 0 Å². The lowest BCUT2D eigenvalue weighted by atomic mass is 10.3. The molecule has 0 aliphatic heterocycles. The van der Waals surface area contributed by atoms with E-state index in [1.54, 1.807) is 0 Å². The van der Waals surface area contributed by atoms with E-state index in [0.29, 0.717) is 11.4 Å². The third-order valence-electron chi connectivity index (χ3n) is 0.989. The van der Waals surface area contributed by atoms with Crippen LogP contribution in [0.4, 0.5) is 5.82 Å². The quantitative estimate of drug-likeness (QED) is 0.406. The highest BCUT2D eigenvalue weighted by atomic mass is 16.1. The lowest BCUT2D eigenvalue weighted by Gasteiger charge is -1.81. The van der Waals surface area contributed by atoms with Crippen molar-refractivity contribution < 1.29 is 4.79 Å². The van der Waals surface area contributed by atoms with Crippen LogP contribution in [0.2, 0.25) is 0 Å². The molecular formula is C6H6N4O. The van der Waals surface area contributed by atoms with E-state index >= 15 is 0 Å². The molecule has 1 rings (SSSR count). The number of aromatic amines is 1. The number of amides is 1. The molecule has 0 saturated carbocycles. The monoisotopic (exact) mass is 150 g/mol. The number of hydrogen-bond donors (Lipinski definition) is 3. The number of carbonyl (C=O) groups is 1. The van der Waals surface area contributed by atoms with E-state index in [1.165, 1.54) is 6.20 Å². The average molecular weight is 150 g/mol. The van der Waals surface area contributed by atoms with Gasteiger partial charge in [-0.3, -0.25) is 9.89 Å². The van der Waals surface area contributed by atoms with Gasteiger partial charge < -0.3 is 11.5 Å². The summed E-state index contributed by atoms with van der Waals surface area (Å²) in [5, 5.41) is 6.06. The van der Waals surface area contributed by atoms with Crippen LogP contribution in [0.3, 0.4) is 0 Å². The molecule has 0 aromatic carbocycles. The van der Waals surface area contributed by atoms with Gasteiger partial charge in [-0.2, -0.15) is 5.10 Å². The number of primary amides is 1. The van der Waals surface area contributed by atoms with Crippen molar-refractivity contribution in [1.29, 1.82) is 0 Å². The number of rotatable bonds is 0. The first-order valence-electron chi connectivity index (χ1n) is 2.80. The lowest BCUT2D eigenvalue weighted by Crippen LogP contribution is -2.06. The van der Waals surface area contributed by atoms with Gasteiger partial charge in [0.1, 0.15) is 5.82 Å². The van der Waals surface area contributed by atoms with E-state index in [2.05, 4.69) is 22.0 Å². The Morgan fingerprint density at radius 3 is 2.91 bits per heavy atom. The second-order valence-electron chi connectivity index (χ2n) is 1.81. The highest BCUT2D eigenvalue weighted by molar-refractivity contribution is 5.92. The number of nitrogens with zero attached hydrogens (tertiary/aromatic N) is 1. The molecule has 56 valence electrons. The molecule has 11 heavy (non-hydrogen) atoms. The topological polar surface area (TPSA) is 97.8 Å². The fourth-order valence-electron chi connectivity index (χ4n) is 0.525. The Labute approximate surface area is 62.8 Å². The number of aromatic nitrogens is 2. The molecular weight excluding hydrogens is 144 g/mol. The van der Waals surface area contributed by atoms with Crippen molar-refractivity contribution in [3.05, 3.63) is 11.8 Å². The molecule has 0 radical (unpaired) electrons. The van der Waals surface area contributed by atoms with Crippen LogP contribution in [0.5, 0.6) is 0 Å². The Morgan fingerprint density at radius 2 is 2.45 bits per heavy atom. The smallest absolute Gasteiger partial charge is 0.293 e. The molecule has 1 heterocycles. The zero-order valence-electron chi connectivity index (χ0n) is 5.59. The van der Waals surface area contributed by atoms with Gasteiger partial charge in [-0.15, -0.1) is 0 Å². The predicted octanol–water partition coefficient (Wildman–Crippen LogP) is -1.17. The van der Waals surface area contributed by atoms with Gasteiger partial charge in [0.15, 0.2) is 0 Å². The van der Waals surface area contributed by atoms with Gasteiger partial charge in [0.05, 0.1) is 11.8 Å². The van der Waals surface area contributed by atoms with Gasteiger partial charge in [-0.05, 0) is 0 Å². The SMILES string of the molecule is NC(=O)C#Cc1cn[nH]c1N. The van der Waals surface area contributed by atoms with Crippen molar-refractivity contribution in [1.82, 2.24) is 10.2 Å². The summed E-state index contributed by atoms with van der Waals surface area (Å²) >= 11 is 0. The van der Waals surface area contributed by atoms with Crippen LogP contribution in [0, 0.1) is 11.8 Å². The van der Waals surface area contributed by atoms with Gasteiger partial charge in [0.25, 0.3) is 5.91 Å². The largest absolute Gasteiger partial charge is 0.383 e. The van der Waals surface area contributed by atoms with Crippen LogP contribution in [0.25, 0.3) is 0 Å².